The number of hydrogen-bond donors (Lipinski definition) is 1. The fourth-order valence-corrected chi connectivity index (χ4v) is 2.27. The number of hydrogen-bond acceptors (Lipinski definition) is 4. The Balaban J connectivity index is 1.91. The highest BCUT2D eigenvalue weighted by Crippen LogP contribution is 2.09. The van der Waals surface area contributed by atoms with Gasteiger partial charge in [-0.25, -0.2) is 13.6 Å². The molecule has 0 aliphatic heterocycles. The third-order valence-corrected chi connectivity index (χ3v) is 3.54. The molecule has 0 bridgehead atoms. The highest BCUT2D eigenvalue weighted by Gasteiger charge is 2.19. The third kappa shape index (κ3) is 5.77. The summed E-state index contributed by atoms with van der Waals surface area (Å²) in [6.45, 7) is 0.672. The van der Waals surface area contributed by atoms with Crippen molar-refractivity contribution in [3.63, 3.8) is 0 Å². The molecular weight excluding hydrogens is 344 g/mol. The Morgan fingerprint density at radius 2 is 1.65 bits per heavy atom. The van der Waals surface area contributed by atoms with Crippen molar-refractivity contribution in [3.05, 3.63) is 71.3 Å². The Bertz CT molecular complexity index is 788. The zero-order valence-corrected chi connectivity index (χ0v) is 14.0. The molecule has 136 valence electrons. The minimum atomic E-state index is -1.04. The van der Waals surface area contributed by atoms with Gasteiger partial charge in [0.1, 0.15) is 11.6 Å². The van der Waals surface area contributed by atoms with Crippen LogP contribution in [0.1, 0.15) is 22.8 Å². The zero-order valence-electron chi connectivity index (χ0n) is 14.0. The van der Waals surface area contributed by atoms with Gasteiger partial charge in [0.15, 0.2) is 12.4 Å². The first-order valence-corrected chi connectivity index (χ1v) is 7.82. The summed E-state index contributed by atoms with van der Waals surface area (Å²) in [6, 6.07) is 10.6. The van der Waals surface area contributed by atoms with E-state index < -0.39 is 36.2 Å². The SMILES string of the molecule is CC(=O)[C@@H](Cc1ccccc1)NC(=O)COC(=O)c1cc(F)cc(F)c1. The standard InChI is InChI=1S/C19H17F2NO4/c1-12(23)17(7-13-5-3-2-4-6-13)22-18(24)11-26-19(25)14-8-15(20)10-16(21)9-14/h2-6,8-10,17H,7,11H2,1H3,(H,22,24)/t17-/m1/s1. The largest absolute Gasteiger partial charge is 0.452 e. The van der Waals surface area contributed by atoms with Crippen molar-refractivity contribution in [2.24, 2.45) is 0 Å². The van der Waals surface area contributed by atoms with Crippen LogP contribution >= 0.6 is 0 Å². The summed E-state index contributed by atoms with van der Waals surface area (Å²) in [6.07, 6.45) is 0.297. The number of nitrogens with one attached hydrogen (secondary N) is 1. The van der Waals surface area contributed by atoms with Crippen LogP contribution in [0.15, 0.2) is 48.5 Å². The van der Waals surface area contributed by atoms with Gasteiger partial charge in [-0.2, -0.15) is 0 Å². The summed E-state index contributed by atoms with van der Waals surface area (Å²) >= 11 is 0. The normalized spacial score (nSPS) is 11.5. The average molecular weight is 361 g/mol. The van der Waals surface area contributed by atoms with Gasteiger partial charge in [-0.05, 0) is 31.0 Å². The molecule has 0 aliphatic carbocycles. The number of carbonyl (C=O) groups excluding carboxylic acids is 3. The minimum Gasteiger partial charge on any atom is -0.452 e. The molecule has 0 saturated carbocycles. The maximum Gasteiger partial charge on any atom is 0.338 e. The predicted octanol–water partition coefficient (Wildman–Crippen LogP) is 2.44. The van der Waals surface area contributed by atoms with E-state index in [1.165, 1.54) is 6.92 Å². The molecule has 5 nitrogen and oxygen atoms in total. The molecule has 0 fully saturated rings. The summed E-state index contributed by atoms with van der Waals surface area (Å²) in [5, 5.41) is 2.48. The third-order valence-electron chi connectivity index (χ3n) is 3.54. The molecule has 0 spiro atoms. The summed E-state index contributed by atoms with van der Waals surface area (Å²) in [7, 11) is 0. The van der Waals surface area contributed by atoms with E-state index in [0.717, 1.165) is 17.7 Å². The number of carbonyl (C=O) groups is 3. The number of rotatable bonds is 7. The van der Waals surface area contributed by atoms with Gasteiger partial charge in [0.25, 0.3) is 5.91 Å². The van der Waals surface area contributed by atoms with Gasteiger partial charge < -0.3 is 10.1 Å². The molecule has 2 rings (SSSR count). The van der Waals surface area contributed by atoms with E-state index in [-0.39, 0.29) is 11.3 Å². The van der Waals surface area contributed by atoms with Gasteiger partial charge in [-0.3, -0.25) is 9.59 Å². The van der Waals surface area contributed by atoms with Crippen LogP contribution in [0.25, 0.3) is 0 Å². The molecule has 0 saturated heterocycles. The van der Waals surface area contributed by atoms with Gasteiger partial charge in [0.2, 0.25) is 0 Å². The van der Waals surface area contributed by atoms with Crippen LogP contribution in [0, 0.1) is 11.6 Å². The average Bonchev–Trinajstić information content (AvgIpc) is 2.59. The van der Waals surface area contributed by atoms with E-state index >= 15 is 0 Å². The van der Waals surface area contributed by atoms with E-state index in [1.54, 1.807) is 0 Å². The molecule has 7 heteroatoms. The van der Waals surface area contributed by atoms with Crippen molar-refractivity contribution in [2.45, 2.75) is 19.4 Å². The Kier molecular flexibility index (Phi) is 6.54. The second kappa shape index (κ2) is 8.84. The van der Waals surface area contributed by atoms with Crippen LogP contribution in [-0.4, -0.2) is 30.3 Å². The molecule has 1 N–H and O–H groups in total. The predicted molar refractivity (Wildman–Crippen MR) is 89.4 cm³/mol. The number of ketones is 1. The van der Waals surface area contributed by atoms with Crippen LogP contribution in [-0.2, 0) is 20.7 Å². The lowest BCUT2D eigenvalue weighted by Crippen LogP contribution is -2.43. The van der Waals surface area contributed by atoms with Crippen molar-refractivity contribution >= 4 is 17.7 Å². The lowest BCUT2D eigenvalue weighted by Gasteiger charge is -2.16. The number of Topliss-reactive ketones (excluding diaryl/α,β-unsaturated/α-hetero) is 1. The number of halogens is 2. The molecule has 0 aromatic heterocycles. The van der Waals surface area contributed by atoms with Crippen LogP contribution < -0.4 is 5.32 Å². The maximum absolute atomic E-state index is 13.1. The smallest absolute Gasteiger partial charge is 0.338 e. The van der Waals surface area contributed by atoms with Crippen LogP contribution in [0.4, 0.5) is 8.78 Å². The second-order valence-corrected chi connectivity index (χ2v) is 5.65. The van der Waals surface area contributed by atoms with Crippen molar-refractivity contribution in [1.82, 2.24) is 5.32 Å². The number of esters is 1. The van der Waals surface area contributed by atoms with Crippen LogP contribution in [0.3, 0.4) is 0 Å². The molecule has 0 radical (unpaired) electrons. The Labute approximate surface area is 149 Å². The van der Waals surface area contributed by atoms with E-state index in [2.05, 4.69) is 5.32 Å². The maximum atomic E-state index is 13.1. The first kappa shape index (κ1) is 19.2. The molecule has 0 heterocycles. The zero-order chi connectivity index (χ0) is 19.1. The fourth-order valence-electron chi connectivity index (χ4n) is 2.27. The summed E-state index contributed by atoms with van der Waals surface area (Å²) < 4.78 is 30.9. The van der Waals surface area contributed by atoms with Crippen LogP contribution in [0.2, 0.25) is 0 Å². The van der Waals surface area contributed by atoms with Crippen molar-refractivity contribution < 1.29 is 27.9 Å². The van der Waals surface area contributed by atoms with Gasteiger partial charge in [0, 0.05) is 6.07 Å². The van der Waals surface area contributed by atoms with Crippen molar-refractivity contribution in [2.75, 3.05) is 6.61 Å². The van der Waals surface area contributed by atoms with E-state index in [9.17, 15) is 23.2 Å². The molecule has 2 aromatic rings. The first-order chi connectivity index (χ1) is 12.3. The molecule has 26 heavy (non-hydrogen) atoms. The van der Waals surface area contributed by atoms with Gasteiger partial charge in [-0.15, -0.1) is 0 Å². The van der Waals surface area contributed by atoms with E-state index in [0.29, 0.717) is 12.5 Å². The van der Waals surface area contributed by atoms with Gasteiger partial charge >= 0.3 is 5.97 Å². The molecule has 0 aliphatic rings. The molecule has 2 aromatic carbocycles. The second-order valence-electron chi connectivity index (χ2n) is 5.65. The summed E-state index contributed by atoms with van der Waals surface area (Å²) in [4.78, 5) is 35.4. The van der Waals surface area contributed by atoms with Gasteiger partial charge in [-0.1, -0.05) is 30.3 Å². The van der Waals surface area contributed by atoms with E-state index in [1.807, 2.05) is 30.3 Å². The lowest BCUT2D eigenvalue weighted by atomic mass is 10.0. The monoisotopic (exact) mass is 361 g/mol. The highest BCUT2D eigenvalue weighted by atomic mass is 19.1. The number of benzene rings is 2. The quantitative estimate of drug-likeness (QED) is 0.769. The molecular formula is C19H17F2NO4. The summed E-state index contributed by atoms with van der Waals surface area (Å²) in [5.74, 6) is -3.84. The van der Waals surface area contributed by atoms with Crippen molar-refractivity contribution in [1.29, 1.82) is 0 Å². The number of amides is 1. The fraction of sp³-hybridized carbons (Fsp3) is 0.211. The number of ether oxygens (including phenoxy) is 1. The molecule has 1 amide bonds. The summed E-state index contributed by atoms with van der Waals surface area (Å²) in [5.41, 5.74) is 0.517. The van der Waals surface area contributed by atoms with Gasteiger partial charge in [0.05, 0.1) is 11.6 Å². The van der Waals surface area contributed by atoms with E-state index in [4.69, 9.17) is 4.74 Å². The first-order valence-electron chi connectivity index (χ1n) is 7.82. The molecule has 1 atom stereocenters. The Morgan fingerprint density at radius 3 is 2.23 bits per heavy atom. The highest BCUT2D eigenvalue weighted by molar-refractivity contribution is 5.92. The van der Waals surface area contributed by atoms with Crippen molar-refractivity contribution in [3.8, 4) is 0 Å². The Hall–Kier alpha value is -3.09. The Morgan fingerprint density at radius 1 is 1.04 bits per heavy atom. The topological polar surface area (TPSA) is 72.5 Å². The lowest BCUT2D eigenvalue weighted by molar-refractivity contribution is -0.128. The van der Waals surface area contributed by atoms with Crippen LogP contribution in [0.5, 0.6) is 0 Å². The minimum absolute atomic E-state index is 0.249. The molecule has 0 unspecified atom stereocenters.